The lowest BCUT2D eigenvalue weighted by molar-refractivity contribution is -0.141. The number of nitrogens with zero attached hydrogens (tertiary/aromatic N) is 1. The number of ketones is 1. The summed E-state index contributed by atoms with van der Waals surface area (Å²) >= 11 is 18.6. The highest BCUT2D eigenvalue weighted by molar-refractivity contribution is 6.44. The molecule has 1 N–H and O–H groups in total. The molecule has 130 valence electrons. The molecule has 0 saturated carbocycles. The fourth-order valence-electron chi connectivity index (χ4n) is 3.06. The van der Waals surface area contributed by atoms with Crippen LogP contribution in [-0.2, 0) is 21.7 Å². The fourth-order valence-corrected chi connectivity index (χ4v) is 3.67. The van der Waals surface area contributed by atoms with Gasteiger partial charge >= 0.3 is 0 Å². The average molecular weight is 399 g/mol. The lowest BCUT2D eigenvalue weighted by Gasteiger charge is -2.22. The monoisotopic (exact) mass is 397 g/mol. The van der Waals surface area contributed by atoms with Crippen LogP contribution in [0.5, 0.6) is 0 Å². The first-order valence-corrected chi connectivity index (χ1v) is 8.64. The molecular formula is C18H14Cl3NO3. The third-order valence-electron chi connectivity index (χ3n) is 4.17. The molecule has 0 spiro atoms. The van der Waals surface area contributed by atoms with Crippen LogP contribution in [0.4, 0.5) is 5.69 Å². The van der Waals surface area contributed by atoms with E-state index in [0.29, 0.717) is 16.3 Å². The first-order chi connectivity index (χ1) is 11.8. The van der Waals surface area contributed by atoms with E-state index in [1.807, 2.05) is 0 Å². The molecule has 0 bridgehead atoms. The van der Waals surface area contributed by atoms with Crippen molar-refractivity contribution in [2.24, 2.45) is 0 Å². The Hall–Kier alpha value is -1.59. The number of aliphatic hydroxyl groups is 1. The summed E-state index contributed by atoms with van der Waals surface area (Å²) in [6.45, 7) is 1.42. The molecule has 0 saturated heterocycles. The second-order valence-corrected chi connectivity index (χ2v) is 7.17. The van der Waals surface area contributed by atoms with Crippen molar-refractivity contribution in [3.8, 4) is 0 Å². The largest absolute Gasteiger partial charge is 0.375 e. The van der Waals surface area contributed by atoms with E-state index in [4.69, 9.17) is 34.8 Å². The number of carbonyl (C=O) groups is 2. The number of carbonyl (C=O) groups excluding carboxylic acids is 2. The highest BCUT2D eigenvalue weighted by atomic mass is 35.5. The van der Waals surface area contributed by atoms with E-state index < -0.39 is 11.5 Å². The fraction of sp³-hybridized carbons (Fsp3) is 0.222. The molecule has 0 aromatic heterocycles. The summed E-state index contributed by atoms with van der Waals surface area (Å²) in [6.07, 6.45) is -0.337. The Labute approximate surface area is 159 Å². The molecular weight excluding hydrogens is 385 g/mol. The zero-order valence-electron chi connectivity index (χ0n) is 13.2. The van der Waals surface area contributed by atoms with Crippen molar-refractivity contribution in [2.45, 2.75) is 25.5 Å². The van der Waals surface area contributed by atoms with Crippen LogP contribution in [0.1, 0.15) is 24.5 Å². The van der Waals surface area contributed by atoms with Crippen LogP contribution in [0.15, 0.2) is 36.4 Å². The van der Waals surface area contributed by atoms with Crippen LogP contribution in [0.3, 0.4) is 0 Å². The lowest BCUT2D eigenvalue weighted by Crippen LogP contribution is -2.41. The third-order valence-corrected chi connectivity index (χ3v) is 5.34. The van der Waals surface area contributed by atoms with E-state index in [1.54, 1.807) is 24.3 Å². The van der Waals surface area contributed by atoms with E-state index in [0.717, 1.165) is 0 Å². The Morgan fingerprint density at radius 1 is 1.12 bits per heavy atom. The van der Waals surface area contributed by atoms with Gasteiger partial charge in [-0.1, -0.05) is 59.1 Å². The van der Waals surface area contributed by atoms with E-state index in [9.17, 15) is 14.7 Å². The maximum absolute atomic E-state index is 13.0. The minimum Gasteiger partial charge on any atom is -0.375 e. The summed E-state index contributed by atoms with van der Waals surface area (Å²) in [5, 5.41) is 11.9. The van der Waals surface area contributed by atoms with Gasteiger partial charge in [-0.05, 0) is 24.6 Å². The van der Waals surface area contributed by atoms with Gasteiger partial charge in [-0.25, -0.2) is 0 Å². The number of benzene rings is 2. The number of hydrogen-bond acceptors (Lipinski definition) is 3. The SMILES string of the molecule is CC(=O)CC1(O)C(=O)N(Cc2ccccc2Cl)c2c1ccc(Cl)c2Cl. The zero-order valence-corrected chi connectivity index (χ0v) is 15.5. The Bertz CT molecular complexity index is 884. The molecule has 0 radical (unpaired) electrons. The number of hydrogen-bond donors (Lipinski definition) is 1. The number of rotatable bonds is 4. The maximum atomic E-state index is 13.0. The van der Waals surface area contributed by atoms with E-state index in [2.05, 4.69) is 0 Å². The molecule has 0 fully saturated rings. The summed E-state index contributed by atoms with van der Waals surface area (Å²) in [5.74, 6) is -0.936. The summed E-state index contributed by atoms with van der Waals surface area (Å²) < 4.78 is 0. The Morgan fingerprint density at radius 2 is 1.80 bits per heavy atom. The van der Waals surface area contributed by atoms with E-state index >= 15 is 0 Å². The zero-order chi connectivity index (χ0) is 18.4. The van der Waals surface area contributed by atoms with Crippen LogP contribution in [0, 0.1) is 0 Å². The molecule has 0 aliphatic carbocycles. The van der Waals surface area contributed by atoms with Crippen molar-refractivity contribution in [1.29, 1.82) is 0 Å². The number of anilines is 1. The molecule has 2 aromatic carbocycles. The summed E-state index contributed by atoms with van der Waals surface area (Å²) in [7, 11) is 0. The smallest absolute Gasteiger partial charge is 0.264 e. The van der Waals surface area contributed by atoms with Gasteiger partial charge in [0.05, 0.1) is 22.3 Å². The van der Waals surface area contributed by atoms with Gasteiger partial charge in [0.25, 0.3) is 5.91 Å². The van der Waals surface area contributed by atoms with Gasteiger partial charge in [0.15, 0.2) is 5.60 Å². The minimum absolute atomic E-state index is 0.103. The number of Topliss-reactive ketones (excluding diaryl/α,β-unsaturated/α-hetero) is 1. The molecule has 1 aliphatic heterocycles. The predicted molar refractivity (Wildman–Crippen MR) is 98.3 cm³/mol. The van der Waals surface area contributed by atoms with Gasteiger partial charge in [0.1, 0.15) is 5.78 Å². The standard InChI is InChI=1S/C18H14Cl3NO3/c1-10(23)8-18(25)12-6-7-14(20)15(21)16(12)22(17(18)24)9-11-4-2-3-5-13(11)19/h2-7,25H,8-9H2,1H3. The van der Waals surface area contributed by atoms with E-state index in [1.165, 1.54) is 24.0 Å². The molecule has 4 nitrogen and oxygen atoms in total. The Kier molecular flexibility index (Phi) is 4.82. The molecule has 2 aromatic rings. The summed E-state index contributed by atoms with van der Waals surface area (Å²) in [5.41, 5.74) is -0.694. The Morgan fingerprint density at radius 3 is 2.44 bits per heavy atom. The summed E-state index contributed by atoms with van der Waals surface area (Å²) in [6, 6.07) is 10.1. The lowest BCUT2D eigenvalue weighted by atomic mass is 9.90. The van der Waals surface area contributed by atoms with Crippen molar-refractivity contribution in [2.75, 3.05) is 4.90 Å². The van der Waals surface area contributed by atoms with E-state index in [-0.39, 0.29) is 34.4 Å². The summed E-state index contributed by atoms with van der Waals surface area (Å²) in [4.78, 5) is 25.9. The second kappa shape index (κ2) is 6.61. The molecule has 1 amide bonds. The van der Waals surface area contributed by atoms with Gasteiger partial charge in [-0.2, -0.15) is 0 Å². The second-order valence-electron chi connectivity index (χ2n) is 5.98. The maximum Gasteiger partial charge on any atom is 0.264 e. The topological polar surface area (TPSA) is 57.6 Å². The molecule has 1 unspecified atom stereocenters. The first kappa shape index (κ1) is 18.2. The van der Waals surface area contributed by atoms with Gasteiger partial charge < -0.3 is 10.0 Å². The van der Waals surface area contributed by atoms with Gasteiger partial charge in [0, 0.05) is 17.0 Å². The van der Waals surface area contributed by atoms with Crippen LogP contribution in [-0.4, -0.2) is 16.8 Å². The quantitative estimate of drug-likeness (QED) is 0.832. The predicted octanol–water partition coefficient (Wildman–Crippen LogP) is 4.36. The van der Waals surface area contributed by atoms with Gasteiger partial charge in [0.2, 0.25) is 0 Å². The molecule has 3 rings (SSSR count). The van der Waals surface area contributed by atoms with Crippen molar-refractivity contribution in [3.05, 3.63) is 62.6 Å². The third kappa shape index (κ3) is 3.04. The van der Waals surface area contributed by atoms with Gasteiger partial charge in [-0.15, -0.1) is 0 Å². The van der Waals surface area contributed by atoms with Crippen LogP contribution in [0.25, 0.3) is 0 Å². The molecule has 7 heteroatoms. The molecule has 25 heavy (non-hydrogen) atoms. The highest BCUT2D eigenvalue weighted by Gasteiger charge is 2.51. The number of amides is 1. The Balaban J connectivity index is 2.15. The number of halogens is 3. The van der Waals surface area contributed by atoms with Crippen molar-refractivity contribution in [3.63, 3.8) is 0 Å². The highest BCUT2D eigenvalue weighted by Crippen LogP contribution is 2.49. The molecule has 1 aliphatic rings. The number of fused-ring (bicyclic) bond motifs is 1. The van der Waals surface area contributed by atoms with Crippen molar-refractivity contribution >= 4 is 52.2 Å². The van der Waals surface area contributed by atoms with Crippen molar-refractivity contribution < 1.29 is 14.7 Å². The van der Waals surface area contributed by atoms with Crippen LogP contribution >= 0.6 is 34.8 Å². The minimum atomic E-state index is -1.96. The van der Waals surface area contributed by atoms with Crippen molar-refractivity contribution in [1.82, 2.24) is 0 Å². The first-order valence-electron chi connectivity index (χ1n) is 7.51. The van der Waals surface area contributed by atoms with Crippen LogP contribution in [0.2, 0.25) is 15.1 Å². The normalized spacial score (nSPS) is 19.2. The van der Waals surface area contributed by atoms with Gasteiger partial charge in [-0.3, -0.25) is 9.59 Å². The van der Waals surface area contributed by atoms with Crippen LogP contribution < -0.4 is 4.90 Å². The average Bonchev–Trinajstić information content (AvgIpc) is 2.74. The molecule has 1 heterocycles. The molecule has 1 atom stereocenters.